The van der Waals surface area contributed by atoms with E-state index in [2.05, 4.69) is 121 Å². The largest absolute Gasteiger partial charge is 0.487 e. The summed E-state index contributed by atoms with van der Waals surface area (Å²) < 4.78 is 24.1. The SMILES string of the molecule is c1ccc(P(CCOCCOc2ccccc2OCCOCCP(c2ccccc2)c2ccccc2)c2ccccc2)cc1. The van der Waals surface area contributed by atoms with E-state index < -0.39 is 15.8 Å². The molecule has 0 heterocycles. The monoisotopic (exact) mass is 622 g/mol. The zero-order chi connectivity index (χ0) is 30.1. The van der Waals surface area contributed by atoms with Gasteiger partial charge in [-0.15, -0.1) is 0 Å². The highest BCUT2D eigenvalue weighted by Gasteiger charge is 2.14. The highest BCUT2D eigenvalue weighted by molar-refractivity contribution is 7.73. The fraction of sp³-hybridized carbons (Fsp3) is 0.211. The number of para-hydroxylation sites is 2. The molecule has 0 aliphatic carbocycles. The zero-order valence-electron chi connectivity index (χ0n) is 25.0. The van der Waals surface area contributed by atoms with Crippen molar-refractivity contribution in [2.24, 2.45) is 0 Å². The Balaban J connectivity index is 1.01. The summed E-state index contributed by atoms with van der Waals surface area (Å²) in [6.45, 7) is 3.35. The van der Waals surface area contributed by atoms with E-state index in [9.17, 15) is 0 Å². The average Bonchev–Trinajstić information content (AvgIpc) is 3.09. The van der Waals surface area contributed by atoms with Crippen LogP contribution in [0.25, 0.3) is 0 Å². The predicted octanol–water partition coefficient (Wildman–Crippen LogP) is 6.74. The Kier molecular flexibility index (Phi) is 13.3. The number of benzene rings is 5. The minimum absolute atomic E-state index is 0.457. The molecule has 0 radical (unpaired) electrons. The maximum absolute atomic E-state index is 6.04. The van der Waals surface area contributed by atoms with Crippen LogP contribution in [0.4, 0.5) is 0 Å². The van der Waals surface area contributed by atoms with Gasteiger partial charge < -0.3 is 18.9 Å². The molecule has 0 bridgehead atoms. The highest BCUT2D eigenvalue weighted by Crippen LogP contribution is 2.34. The normalized spacial score (nSPS) is 11.1. The molecular formula is C38H40O4P2. The molecule has 5 aromatic rings. The smallest absolute Gasteiger partial charge is 0.161 e. The van der Waals surface area contributed by atoms with Crippen molar-refractivity contribution < 1.29 is 18.9 Å². The van der Waals surface area contributed by atoms with Crippen molar-refractivity contribution >= 4 is 37.1 Å². The van der Waals surface area contributed by atoms with Gasteiger partial charge in [-0.05, 0) is 61.5 Å². The maximum Gasteiger partial charge on any atom is 0.161 e. The van der Waals surface area contributed by atoms with Crippen LogP contribution in [0.2, 0.25) is 0 Å². The summed E-state index contributed by atoms with van der Waals surface area (Å²) in [7, 11) is -0.914. The van der Waals surface area contributed by atoms with Crippen LogP contribution in [0.1, 0.15) is 0 Å². The fourth-order valence-corrected chi connectivity index (χ4v) is 9.25. The van der Waals surface area contributed by atoms with Gasteiger partial charge in [-0.25, -0.2) is 0 Å². The zero-order valence-corrected chi connectivity index (χ0v) is 26.8. The molecule has 0 saturated heterocycles. The molecule has 0 aliphatic heterocycles. The second kappa shape index (κ2) is 18.3. The van der Waals surface area contributed by atoms with E-state index in [4.69, 9.17) is 18.9 Å². The number of rotatable bonds is 18. The first-order chi connectivity index (χ1) is 21.9. The summed E-state index contributed by atoms with van der Waals surface area (Å²) in [4.78, 5) is 0. The first-order valence-corrected chi connectivity index (χ1v) is 18.2. The molecule has 5 rings (SSSR count). The predicted molar refractivity (Wildman–Crippen MR) is 187 cm³/mol. The van der Waals surface area contributed by atoms with Gasteiger partial charge in [-0.1, -0.05) is 133 Å². The van der Waals surface area contributed by atoms with Gasteiger partial charge in [0.2, 0.25) is 0 Å². The lowest BCUT2D eigenvalue weighted by molar-refractivity contribution is 0.101. The Bertz CT molecular complexity index is 1280. The molecule has 0 N–H and O–H groups in total. The van der Waals surface area contributed by atoms with E-state index in [1.165, 1.54) is 21.2 Å². The Morgan fingerprint density at radius 3 is 0.932 bits per heavy atom. The summed E-state index contributed by atoms with van der Waals surface area (Å²) in [5, 5.41) is 5.49. The van der Waals surface area contributed by atoms with Crippen molar-refractivity contribution in [1.29, 1.82) is 0 Å². The lowest BCUT2D eigenvalue weighted by Gasteiger charge is -2.19. The standard InChI is InChI=1S/C38H40O4P2/c1-5-15-33(16-6-1)43(34-17-7-2-8-18-34)31-29-39-25-27-41-37-23-13-14-24-38(37)42-28-26-40-30-32-44(35-19-9-3-10-20-35)36-21-11-4-12-22-36/h1-24H,25-32H2. The van der Waals surface area contributed by atoms with E-state index in [0.717, 1.165) is 23.8 Å². The van der Waals surface area contributed by atoms with Crippen LogP contribution in [-0.2, 0) is 9.47 Å². The summed E-state index contributed by atoms with van der Waals surface area (Å²) >= 11 is 0. The number of hydrogen-bond donors (Lipinski definition) is 0. The Labute approximate surface area is 264 Å². The van der Waals surface area contributed by atoms with Crippen molar-refractivity contribution in [3.05, 3.63) is 146 Å². The van der Waals surface area contributed by atoms with Gasteiger partial charge in [0.1, 0.15) is 13.2 Å². The molecule has 44 heavy (non-hydrogen) atoms. The molecule has 0 fully saturated rings. The molecule has 0 aliphatic rings. The van der Waals surface area contributed by atoms with Crippen LogP contribution >= 0.6 is 15.8 Å². The quantitative estimate of drug-likeness (QED) is 0.0802. The van der Waals surface area contributed by atoms with Crippen LogP contribution in [0.15, 0.2) is 146 Å². The average molecular weight is 623 g/mol. The molecular weight excluding hydrogens is 582 g/mol. The molecule has 226 valence electrons. The third-order valence-corrected chi connectivity index (χ3v) is 12.0. The van der Waals surface area contributed by atoms with E-state index >= 15 is 0 Å². The molecule has 0 aromatic heterocycles. The molecule has 5 aromatic carbocycles. The summed E-state index contributed by atoms with van der Waals surface area (Å²) in [5.74, 6) is 1.45. The molecule has 0 saturated carbocycles. The van der Waals surface area contributed by atoms with Gasteiger partial charge in [0.05, 0.1) is 26.4 Å². The van der Waals surface area contributed by atoms with Gasteiger partial charge in [-0.2, -0.15) is 0 Å². The lowest BCUT2D eigenvalue weighted by Crippen LogP contribution is -2.18. The molecule has 0 atom stereocenters. The Morgan fingerprint density at radius 1 is 0.318 bits per heavy atom. The van der Waals surface area contributed by atoms with Crippen molar-refractivity contribution in [1.82, 2.24) is 0 Å². The van der Waals surface area contributed by atoms with Gasteiger partial charge in [0, 0.05) is 0 Å². The van der Waals surface area contributed by atoms with Crippen molar-refractivity contribution in [3.63, 3.8) is 0 Å². The minimum Gasteiger partial charge on any atom is -0.487 e. The second-order valence-corrected chi connectivity index (χ2v) is 14.7. The lowest BCUT2D eigenvalue weighted by atomic mass is 10.3. The van der Waals surface area contributed by atoms with E-state index in [0.29, 0.717) is 39.6 Å². The molecule has 0 spiro atoms. The van der Waals surface area contributed by atoms with Crippen LogP contribution in [0.5, 0.6) is 11.5 Å². The van der Waals surface area contributed by atoms with Crippen LogP contribution in [0.3, 0.4) is 0 Å². The molecule has 0 amide bonds. The van der Waals surface area contributed by atoms with Gasteiger partial charge in [0.15, 0.2) is 11.5 Å². The molecule has 4 nitrogen and oxygen atoms in total. The van der Waals surface area contributed by atoms with E-state index in [1.54, 1.807) is 0 Å². The van der Waals surface area contributed by atoms with Gasteiger partial charge >= 0.3 is 0 Å². The second-order valence-electron chi connectivity index (χ2n) is 10.0. The van der Waals surface area contributed by atoms with Crippen LogP contribution in [0, 0.1) is 0 Å². The van der Waals surface area contributed by atoms with Crippen molar-refractivity contribution in [2.45, 2.75) is 0 Å². The fourth-order valence-electron chi connectivity index (χ4n) is 4.87. The highest BCUT2D eigenvalue weighted by atomic mass is 31.1. The maximum atomic E-state index is 6.04. The first-order valence-electron chi connectivity index (χ1n) is 15.1. The van der Waals surface area contributed by atoms with Crippen LogP contribution in [-0.4, -0.2) is 52.0 Å². The topological polar surface area (TPSA) is 36.9 Å². The third kappa shape index (κ3) is 10.0. The Hall–Kier alpha value is -3.52. The van der Waals surface area contributed by atoms with Crippen molar-refractivity contribution in [2.75, 3.05) is 52.0 Å². The van der Waals surface area contributed by atoms with E-state index in [1.807, 2.05) is 24.3 Å². The molecule has 6 heteroatoms. The molecule has 0 unspecified atom stereocenters. The van der Waals surface area contributed by atoms with Crippen LogP contribution < -0.4 is 30.7 Å². The minimum atomic E-state index is -0.457. The number of ether oxygens (including phenoxy) is 4. The van der Waals surface area contributed by atoms with Gasteiger partial charge in [-0.3, -0.25) is 0 Å². The Morgan fingerprint density at radius 2 is 0.614 bits per heavy atom. The summed E-state index contributed by atoms with van der Waals surface area (Å²) in [6.07, 6.45) is 1.95. The summed E-state index contributed by atoms with van der Waals surface area (Å²) in [5.41, 5.74) is 0. The van der Waals surface area contributed by atoms with Crippen molar-refractivity contribution in [3.8, 4) is 11.5 Å². The van der Waals surface area contributed by atoms with Gasteiger partial charge in [0.25, 0.3) is 0 Å². The van der Waals surface area contributed by atoms with E-state index in [-0.39, 0.29) is 0 Å². The first kappa shape index (κ1) is 31.9. The third-order valence-electron chi connectivity index (χ3n) is 7.01. The summed E-state index contributed by atoms with van der Waals surface area (Å²) in [6, 6.07) is 50.7. The number of hydrogen-bond acceptors (Lipinski definition) is 4.